The summed E-state index contributed by atoms with van der Waals surface area (Å²) in [6.07, 6.45) is 1.40. The zero-order chi connectivity index (χ0) is 12.3. The van der Waals surface area contributed by atoms with E-state index in [4.69, 9.17) is 21.6 Å². The van der Waals surface area contributed by atoms with Gasteiger partial charge in [0.25, 0.3) is 0 Å². The summed E-state index contributed by atoms with van der Waals surface area (Å²) in [7, 11) is 0. The maximum atomic E-state index is 12.8. The van der Waals surface area contributed by atoms with Crippen LogP contribution in [0.2, 0.25) is 5.02 Å². The maximum Gasteiger partial charge on any atom is 0.146 e. The summed E-state index contributed by atoms with van der Waals surface area (Å²) in [5.41, 5.74) is 0.294. The van der Waals surface area contributed by atoms with Crippen LogP contribution in [0.5, 0.6) is 11.5 Å². The Labute approximate surface area is 102 Å². The molecule has 1 aromatic heterocycles. The van der Waals surface area contributed by atoms with E-state index in [0.717, 1.165) is 6.07 Å². The highest BCUT2D eigenvalue weighted by atomic mass is 35.5. The van der Waals surface area contributed by atoms with Gasteiger partial charge in [-0.3, -0.25) is 0 Å². The molecule has 0 aliphatic rings. The van der Waals surface area contributed by atoms with Gasteiger partial charge in [0, 0.05) is 0 Å². The van der Waals surface area contributed by atoms with Gasteiger partial charge in [-0.15, -0.1) is 0 Å². The van der Waals surface area contributed by atoms with Gasteiger partial charge in [-0.25, -0.2) is 9.37 Å². The number of nitrogens with zero attached hydrogens (tertiary/aromatic N) is 2. The zero-order valence-corrected chi connectivity index (χ0v) is 9.28. The minimum Gasteiger partial charge on any atom is -0.454 e. The van der Waals surface area contributed by atoms with E-state index in [-0.39, 0.29) is 5.02 Å². The van der Waals surface area contributed by atoms with Crippen LogP contribution in [-0.4, -0.2) is 4.98 Å². The third-order valence-corrected chi connectivity index (χ3v) is 2.27. The van der Waals surface area contributed by atoms with Gasteiger partial charge in [0.2, 0.25) is 0 Å². The molecule has 2 rings (SSSR count). The quantitative estimate of drug-likeness (QED) is 0.817. The number of aromatic nitrogens is 1. The Morgan fingerprint density at radius 2 is 2.12 bits per heavy atom. The van der Waals surface area contributed by atoms with Crippen molar-refractivity contribution < 1.29 is 9.13 Å². The van der Waals surface area contributed by atoms with E-state index < -0.39 is 5.82 Å². The summed E-state index contributed by atoms with van der Waals surface area (Å²) >= 11 is 5.80. The van der Waals surface area contributed by atoms with E-state index >= 15 is 0 Å². The highest BCUT2D eigenvalue weighted by Crippen LogP contribution is 2.29. The molecule has 0 aliphatic carbocycles. The lowest BCUT2D eigenvalue weighted by Crippen LogP contribution is -1.88. The van der Waals surface area contributed by atoms with Crippen molar-refractivity contribution in [2.24, 2.45) is 0 Å². The molecule has 2 aromatic rings. The van der Waals surface area contributed by atoms with Crippen LogP contribution in [0.1, 0.15) is 5.69 Å². The first-order chi connectivity index (χ1) is 8.19. The summed E-state index contributed by atoms with van der Waals surface area (Å²) in [5.74, 6) is 0.331. The molecule has 0 spiro atoms. The zero-order valence-electron chi connectivity index (χ0n) is 8.52. The molecule has 0 amide bonds. The lowest BCUT2D eigenvalue weighted by Gasteiger charge is -2.06. The van der Waals surface area contributed by atoms with Crippen molar-refractivity contribution in [1.82, 2.24) is 4.98 Å². The fourth-order valence-corrected chi connectivity index (χ4v) is 1.40. The number of benzene rings is 1. The second kappa shape index (κ2) is 4.81. The molecule has 0 N–H and O–H groups in total. The van der Waals surface area contributed by atoms with Crippen LogP contribution < -0.4 is 4.74 Å². The molecule has 1 aromatic carbocycles. The number of pyridine rings is 1. The number of halogens is 2. The maximum absolute atomic E-state index is 12.8. The second-order valence-electron chi connectivity index (χ2n) is 3.17. The van der Waals surface area contributed by atoms with Gasteiger partial charge in [-0.2, -0.15) is 5.26 Å². The largest absolute Gasteiger partial charge is 0.454 e. The minimum absolute atomic E-state index is 0.175. The standard InChI is InChI=1S/C12H6ClFN2O/c13-11-5-8(14)1-4-12(11)17-10-3-2-9(6-15)16-7-10/h1-5,7H. The molecule has 0 saturated heterocycles. The third-order valence-electron chi connectivity index (χ3n) is 1.97. The highest BCUT2D eigenvalue weighted by Gasteiger charge is 2.04. The Balaban J connectivity index is 2.23. The number of hydrogen-bond donors (Lipinski definition) is 0. The van der Waals surface area contributed by atoms with Crippen molar-refractivity contribution in [2.75, 3.05) is 0 Å². The number of ether oxygens (including phenoxy) is 1. The molecule has 0 atom stereocenters. The van der Waals surface area contributed by atoms with Crippen molar-refractivity contribution in [2.45, 2.75) is 0 Å². The first-order valence-corrected chi connectivity index (χ1v) is 5.06. The van der Waals surface area contributed by atoms with Crippen molar-refractivity contribution in [3.63, 3.8) is 0 Å². The smallest absolute Gasteiger partial charge is 0.146 e. The number of nitriles is 1. The molecule has 5 heteroatoms. The van der Waals surface area contributed by atoms with Crippen molar-refractivity contribution >= 4 is 11.6 Å². The fraction of sp³-hybridized carbons (Fsp3) is 0. The average Bonchev–Trinajstić information content (AvgIpc) is 2.34. The van der Waals surface area contributed by atoms with Crippen LogP contribution in [0.4, 0.5) is 4.39 Å². The molecule has 84 valence electrons. The summed E-state index contributed by atoms with van der Waals surface area (Å²) in [4.78, 5) is 3.84. The predicted molar refractivity (Wildman–Crippen MR) is 60.4 cm³/mol. The molecule has 0 bridgehead atoms. The van der Waals surface area contributed by atoms with Gasteiger partial charge in [0.05, 0.1) is 11.2 Å². The topological polar surface area (TPSA) is 45.9 Å². The van der Waals surface area contributed by atoms with Crippen molar-refractivity contribution in [1.29, 1.82) is 5.26 Å². The lowest BCUT2D eigenvalue weighted by atomic mass is 10.3. The molecule has 0 fully saturated rings. The second-order valence-corrected chi connectivity index (χ2v) is 3.57. The van der Waals surface area contributed by atoms with Gasteiger partial charge < -0.3 is 4.74 Å². The van der Waals surface area contributed by atoms with Crippen LogP contribution in [0.25, 0.3) is 0 Å². The average molecular weight is 249 g/mol. The van der Waals surface area contributed by atoms with E-state index in [9.17, 15) is 4.39 Å². The van der Waals surface area contributed by atoms with Crippen molar-refractivity contribution in [3.8, 4) is 17.6 Å². The Morgan fingerprint density at radius 3 is 2.71 bits per heavy atom. The Kier molecular flexibility index (Phi) is 3.22. The third kappa shape index (κ3) is 2.71. The van der Waals surface area contributed by atoms with Gasteiger partial charge in [-0.05, 0) is 30.3 Å². The summed E-state index contributed by atoms with van der Waals surface area (Å²) in [5, 5.41) is 8.75. The van der Waals surface area contributed by atoms with Gasteiger partial charge >= 0.3 is 0 Å². The fourth-order valence-electron chi connectivity index (χ4n) is 1.19. The molecule has 0 unspecified atom stereocenters. The van der Waals surface area contributed by atoms with E-state index in [2.05, 4.69) is 4.98 Å². The summed E-state index contributed by atoms with van der Waals surface area (Å²) in [6.45, 7) is 0. The van der Waals surface area contributed by atoms with Gasteiger partial charge in [0.1, 0.15) is 29.1 Å². The molecular weight excluding hydrogens is 243 g/mol. The lowest BCUT2D eigenvalue weighted by molar-refractivity contribution is 0.478. The first-order valence-electron chi connectivity index (χ1n) is 4.68. The number of rotatable bonds is 2. The molecule has 17 heavy (non-hydrogen) atoms. The molecule has 0 saturated carbocycles. The molecular formula is C12H6ClFN2O. The highest BCUT2D eigenvalue weighted by molar-refractivity contribution is 6.32. The normalized spacial score (nSPS) is 9.71. The first kappa shape index (κ1) is 11.4. The van der Waals surface area contributed by atoms with Crippen LogP contribution in [0.15, 0.2) is 36.5 Å². The molecule has 0 aliphatic heterocycles. The minimum atomic E-state index is -0.430. The van der Waals surface area contributed by atoms with Crippen LogP contribution in [0.3, 0.4) is 0 Å². The Bertz CT molecular complexity index is 578. The molecule has 1 heterocycles. The predicted octanol–water partition coefficient (Wildman–Crippen LogP) is 3.54. The van der Waals surface area contributed by atoms with Crippen LogP contribution in [0, 0.1) is 17.1 Å². The molecule has 3 nitrogen and oxygen atoms in total. The van der Waals surface area contributed by atoms with E-state index in [1.165, 1.54) is 24.4 Å². The Hall–Kier alpha value is -2.12. The van der Waals surface area contributed by atoms with E-state index in [0.29, 0.717) is 17.2 Å². The van der Waals surface area contributed by atoms with Gasteiger partial charge in [0.15, 0.2) is 0 Å². The molecule has 0 radical (unpaired) electrons. The van der Waals surface area contributed by atoms with Crippen LogP contribution in [-0.2, 0) is 0 Å². The van der Waals surface area contributed by atoms with Crippen LogP contribution >= 0.6 is 11.6 Å². The summed E-state index contributed by atoms with van der Waals surface area (Å²) in [6, 6.07) is 8.84. The van der Waals surface area contributed by atoms with E-state index in [1.807, 2.05) is 6.07 Å². The van der Waals surface area contributed by atoms with Gasteiger partial charge in [-0.1, -0.05) is 11.6 Å². The Morgan fingerprint density at radius 1 is 1.29 bits per heavy atom. The van der Waals surface area contributed by atoms with Crippen molar-refractivity contribution in [3.05, 3.63) is 53.1 Å². The number of hydrogen-bond acceptors (Lipinski definition) is 3. The SMILES string of the molecule is N#Cc1ccc(Oc2ccc(F)cc2Cl)cn1. The monoisotopic (exact) mass is 248 g/mol. The summed E-state index contributed by atoms with van der Waals surface area (Å²) < 4.78 is 18.2. The van der Waals surface area contributed by atoms with E-state index in [1.54, 1.807) is 6.07 Å².